The van der Waals surface area contributed by atoms with E-state index in [-0.39, 0.29) is 16.9 Å². The van der Waals surface area contributed by atoms with E-state index in [1.807, 2.05) is 0 Å². The molecule has 0 amide bonds. The van der Waals surface area contributed by atoms with Crippen LogP contribution in [0.25, 0.3) is 0 Å². The minimum atomic E-state index is 0.174. The maximum absolute atomic E-state index is 6.17. The quantitative estimate of drug-likeness (QED) is 0.609. The van der Waals surface area contributed by atoms with Gasteiger partial charge in [-0.15, -0.1) is 0 Å². The predicted octanol–water partition coefficient (Wildman–Crippen LogP) is 4.57. The first-order valence-corrected chi connectivity index (χ1v) is 8.34. The molecule has 0 saturated carbocycles. The Hall–Kier alpha value is -0.0800. The van der Waals surface area contributed by atoms with E-state index in [1.165, 1.54) is 25.7 Å². The largest absolute Gasteiger partial charge is 0.330 e. The summed E-state index contributed by atoms with van der Waals surface area (Å²) < 4.78 is 0. The summed E-state index contributed by atoms with van der Waals surface area (Å²) in [6.45, 7) is 19.2. The van der Waals surface area contributed by atoms with Crippen LogP contribution >= 0.6 is 0 Å². The number of nitrogens with two attached hydrogens (primary N) is 2. The van der Waals surface area contributed by atoms with Gasteiger partial charge in [-0.2, -0.15) is 0 Å². The summed E-state index contributed by atoms with van der Waals surface area (Å²) in [4.78, 5) is 0. The second-order valence-corrected chi connectivity index (χ2v) is 8.73. The van der Waals surface area contributed by atoms with Crippen LogP contribution in [0.1, 0.15) is 81.1 Å². The zero-order valence-corrected chi connectivity index (χ0v) is 15.3. The second-order valence-electron chi connectivity index (χ2n) is 8.73. The first kappa shape index (κ1) is 19.9. The van der Waals surface area contributed by atoms with E-state index < -0.39 is 0 Å². The number of unbranched alkanes of at least 4 members (excludes halogenated alkanes) is 1. The molecule has 0 aromatic heterocycles. The van der Waals surface area contributed by atoms with Crippen molar-refractivity contribution in [3.05, 3.63) is 0 Å². The maximum atomic E-state index is 6.17. The van der Waals surface area contributed by atoms with Crippen molar-refractivity contribution in [1.82, 2.24) is 0 Å². The van der Waals surface area contributed by atoms with Crippen LogP contribution in [0, 0.1) is 22.2 Å². The molecule has 0 aromatic carbocycles. The van der Waals surface area contributed by atoms with E-state index >= 15 is 0 Å². The van der Waals surface area contributed by atoms with Crippen molar-refractivity contribution in [2.24, 2.45) is 33.6 Å². The van der Waals surface area contributed by atoms with Gasteiger partial charge in [-0.05, 0) is 48.5 Å². The molecule has 0 spiro atoms. The van der Waals surface area contributed by atoms with Crippen LogP contribution in [-0.2, 0) is 0 Å². The van der Waals surface area contributed by atoms with Crippen LogP contribution in [0.15, 0.2) is 0 Å². The Morgan fingerprint density at radius 2 is 1.30 bits per heavy atom. The average molecular weight is 285 g/mol. The fourth-order valence-corrected chi connectivity index (χ4v) is 2.65. The molecule has 0 bridgehead atoms. The maximum Gasteiger partial charge on any atom is 0.00668 e. The summed E-state index contributed by atoms with van der Waals surface area (Å²) >= 11 is 0. The molecule has 2 unspecified atom stereocenters. The Bertz CT molecular complexity index is 277. The molecule has 0 aromatic rings. The predicted molar refractivity (Wildman–Crippen MR) is 91.7 cm³/mol. The molecule has 0 saturated heterocycles. The molecule has 122 valence electrons. The third-order valence-corrected chi connectivity index (χ3v) is 6.44. The van der Waals surface area contributed by atoms with Crippen LogP contribution in [0.2, 0.25) is 0 Å². The number of rotatable bonds is 9. The summed E-state index contributed by atoms with van der Waals surface area (Å²) in [7, 11) is 0. The molecule has 2 nitrogen and oxygen atoms in total. The molecule has 0 heterocycles. The van der Waals surface area contributed by atoms with Gasteiger partial charge in [0.2, 0.25) is 0 Å². The highest BCUT2D eigenvalue weighted by Crippen LogP contribution is 2.44. The summed E-state index contributed by atoms with van der Waals surface area (Å²) in [6.07, 6.45) is 5.08. The van der Waals surface area contributed by atoms with E-state index in [0.717, 1.165) is 6.54 Å². The molecule has 4 N–H and O–H groups in total. The van der Waals surface area contributed by atoms with Gasteiger partial charge in [-0.25, -0.2) is 0 Å². The Morgan fingerprint density at radius 3 is 1.70 bits per heavy atom. The van der Waals surface area contributed by atoms with E-state index in [0.29, 0.717) is 11.3 Å². The average Bonchev–Trinajstić information content (AvgIpc) is 2.33. The van der Waals surface area contributed by atoms with Crippen molar-refractivity contribution in [3.63, 3.8) is 0 Å². The topological polar surface area (TPSA) is 52.0 Å². The lowest BCUT2D eigenvalue weighted by molar-refractivity contribution is 0.0698. The standard InChI is InChI=1S/C18H40N2/c1-14(13-19)16(3,4)11-9-10-12-17(5,6)18(7,8)15(2)20/h14-15H,9-13,19-20H2,1-8H3. The van der Waals surface area contributed by atoms with Crippen molar-refractivity contribution < 1.29 is 0 Å². The lowest BCUT2D eigenvalue weighted by Crippen LogP contribution is -2.45. The van der Waals surface area contributed by atoms with E-state index in [9.17, 15) is 0 Å². The number of hydrogen-bond donors (Lipinski definition) is 2. The van der Waals surface area contributed by atoms with Crippen molar-refractivity contribution in [3.8, 4) is 0 Å². The first-order chi connectivity index (χ1) is 8.88. The van der Waals surface area contributed by atoms with Gasteiger partial charge >= 0.3 is 0 Å². The Labute approximate surface area is 128 Å². The van der Waals surface area contributed by atoms with Crippen molar-refractivity contribution in [2.45, 2.75) is 87.1 Å². The zero-order valence-electron chi connectivity index (χ0n) is 15.3. The molecule has 0 aliphatic rings. The Morgan fingerprint density at radius 1 is 0.850 bits per heavy atom. The van der Waals surface area contributed by atoms with Gasteiger partial charge in [0.05, 0.1) is 0 Å². The highest BCUT2D eigenvalue weighted by Gasteiger charge is 2.39. The van der Waals surface area contributed by atoms with Gasteiger partial charge in [-0.3, -0.25) is 0 Å². The minimum absolute atomic E-state index is 0.174. The Balaban J connectivity index is 4.32. The molecule has 20 heavy (non-hydrogen) atoms. The monoisotopic (exact) mass is 284 g/mol. The molecule has 0 radical (unpaired) electrons. The van der Waals surface area contributed by atoms with Gasteiger partial charge in [0.1, 0.15) is 0 Å². The van der Waals surface area contributed by atoms with Crippen molar-refractivity contribution in [2.75, 3.05) is 6.54 Å². The lowest BCUT2D eigenvalue weighted by Gasteiger charge is -2.45. The molecular formula is C18H40N2. The molecular weight excluding hydrogens is 244 g/mol. The molecule has 2 heteroatoms. The third-order valence-electron chi connectivity index (χ3n) is 6.44. The summed E-state index contributed by atoms with van der Waals surface area (Å²) in [5.74, 6) is 0.594. The molecule has 0 fully saturated rings. The van der Waals surface area contributed by atoms with E-state index in [4.69, 9.17) is 11.5 Å². The highest BCUT2D eigenvalue weighted by atomic mass is 14.7. The molecule has 0 aliphatic heterocycles. The fraction of sp³-hybridized carbons (Fsp3) is 1.00. The van der Waals surface area contributed by atoms with Crippen LogP contribution < -0.4 is 11.5 Å². The van der Waals surface area contributed by atoms with Crippen LogP contribution in [0.3, 0.4) is 0 Å². The summed E-state index contributed by atoms with van der Waals surface area (Å²) in [5.41, 5.74) is 12.8. The fourth-order valence-electron chi connectivity index (χ4n) is 2.65. The van der Waals surface area contributed by atoms with Gasteiger partial charge in [0.15, 0.2) is 0 Å². The molecule has 2 atom stereocenters. The lowest BCUT2D eigenvalue weighted by atomic mass is 9.62. The van der Waals surface area contributed by atoms with Crippen LogP contribution in [0.4, 0.5) is 0 Å². The van der Waals surface area contributed by atoms with Crippen LogP contribution in [0.5, 0.6) is 0 Å². The van der Waals surface area contributed by atoms with E-state index in [1.54, 1.807) is 0 Å². The van der Waals surface area contributed by atoms with Crippen molar-refractivity contribution >= 4 is 0 Å². The first-order valence-electron chi connectivity index (χ1n) is 8.34. The normalized spacial score (nSPS) is 17.1. The summed E-state index contributed by atoms with van der Waals surface area (Å²) in [6, 6.07) is 0.228. The van der Waals surface area contributed by atoms with Crippen LogP contribution in [-0.4, -0.2) is 12.6 Å². The minimum Gasteiger partial charge on any atom is -0.330 e. The van der Waals surface area contributed by atoms with Crippen molar-refractivity contribution in [1.29, 1.82) is 0 Å². The molecule has 0 rings (SSSR count). The molecule has 0 aliphatic carbocycles. The smallest absolute Gasteiger partial charge is 0.00668 e. The van der Waals surface area contributed by atoms with Gasteiger partial charge < -0.3 is 11.5 Å². The third kappa shape index (κ3) is 5.04. The summed E-state index contributed by atoms with van der Waals surface area (Å²) in [5, 5.41) is 0. The SMILES string of the molecule is CC(CN)C(C)(C)CCCCC(C)(C)C(C)(C)C(C)N. The zero-order chi connectivity index (χ0) is 16.2. The van der Waals surface area contributed by atoms with Gasteiger partial charge in [-0.1, -0.05) is 61.3 Å². The number of hydrogen-bond acceptors (Lipinski definition) is 2. The van der Waals surface area contributed by atoms with Gasteiger partial charge in [0.25, 0.3) is 0 Å². The second kappa shape index (κ2) is 7.26. The van der Waals surface area contributed by atoms with Gasteiger partial charge in [0, 0.05) is 6.04 Å². The Kier molecular flexibility index (Phi) is 7.24. The van der Waals surface area contributed by atoms with E-state index in [2.05, 4.69) is 55.4 Å². The highest BCUT2D eigenvalue weighted by molar-refractivity contribution is 4.91.